The topological polar surface area (TPSA) is 7.60 Å². The quantitative estimate of drug-likeness (QED) is 0.473. The van der Waals surface area contributed by atoms with Crippen molar-refractivity contribution >= 4 is 0 Å². The van der Waals surface area contributed by atoms with Gasteiger partial charge in [-0.15, -0.1) is 0 Å². The van der Waals surface area contributed by atoms with Gasteiger partial charge in [-0.3, -0.25) is 4.90 Å². The third-order valence-electron chi connectivity index (χ3n) is 1.97. The molecule has 1 fully saturated rings. The summed E-state index contributed by atoms with van der Waals surface area (Å²) in [7, 11) is 2.10. The highest BCUT2D eigenvalue weighted by molar-refractivity contribution is 4.82. The minimum absolute atomic E-state index is 0.558. The van der Waals surface area contributed by atoms with Crippen LogP contribution in [0.5, 0.6) is 0 Å². The lowest BCUT2D eigenvalue weighted by Gasteiger charge is -2.12. The number of hydrogen-bond acceptors (Lipinski definition) is 1. The second kappa shape index (κ2) is 2.84. The van der Waals surface area contributed by atoms with Gasteiger partial charge < -0.3 is 4.85 Å². The summed E-state index contributed by atoms with van der Waals surface area (Å²) in [5.41, 5.74) is 0. The molecule has 0 radical (unpaired) electrons. The maximum Gasteiger partial charge on any atom is 0.229 e. The van der Waals surface area contributed by atoms with E-state index in [1.54, 1.807) is 0 Å². The third-order valence-corrected chi connectivity index (χ3v) is 1.97. The summed E-state index contributed by atoms with van der Waals surface area (Å²) in [4.78, 5) is 5.65. The second-order valence-corrected chi connectivity index (χ2v) is 2.62. The molecule has 1 rings (SSSR count). The molecule has 0 aromatic heterocycles. The van der Waals surface area contributed by atoms with Crippen LogP contribution in [0.25, 0.3) is 4.85 Å². The summed E-state index contributed by atoms with van der Waals surface area (Å²) in [5.74, 6) is 0. The number of rotatable bonds is 1. The largest absolute Gasteiger partial charge is 0.315 e. The Morgan fingerprint density at radius 1 is 1.78 bits per heavy atom. The van der Waals surface area contributed by atoms with Gasteiger partial charge in [-0.25, -0.2) is 6.57 Å². The highest BCUT2D eigenvalue weighted by Crippen LogP contribution is 2.14. The Bertz CT molecular complexity index is 125. The SMILES string of the molecule is [C-]#[N+]CC1CCCN1C. The first-order chi connectivity index (χ1) is 4.34. The van der Waals surface area contributed by atoms with E-state index in [-0.39, 0.29) is 0 Å². The van der Waals surface area contributed by atoms with Crippen LogP contribution in [0.15, 0.2) is 0 Å². The van der Waals surface area contributed by atoms with E-state index in [2.05, 4.69) is 16.8 Å². The maximum atomic E-state index is 6.66. The molecule has 0 saturated carbocycles. The Kier molecular flexibility index (Phi) is 2.07. The average Bonchev–Trinajstić information content (AvgIpc) is 2.18. The molecule has 1 saturated heterocycles. The number of hydrogen-bond donors (Lipinski definition) is 0. The van der Waals surface area contributed by atoms with Gasteiger partial charge in [-0.05, 0) is 26.4 Å². The summed E-state index contributed by atoms with van der Waals surface area (Å²) in [6.45, 7) is 8.53. The Morgan fingerprint density at radius 2 is 2.56 bits per heavy atom. The smallest absolute Gasteiger partial charge is 0.229 e. The highest BCUT2D eigenvalue weighted by Gasteiger charge is 2.22. The fourth-order valence-corrected chi connectivity index (χ4v) is 1.32. The summed E-state index contributed by atoms with van der Waals surface area (Å²) in [6, 6.07) is 0.558. The molecule has 0 aromatic rings. The van der Waals surface area contributed by atoms with Gasteiger partial charge in [0.2, 0.25) is 6.54 Å². The van der Waals surface area contributed by atoms with Crippen molar-refractivity contribution in [2.24, 2.45) is 0 Å². The lowest BCUT2D eigenvalue weighted by Crippen LogP contribution is -2.26. The van der Waals surface area contributed by atoms with Crippen molar-refractivity contribution in [3.63, 3.8) is 0 Å². The van der Waals surface area contributed by atoms with Crippen molar-refractivity contribution < 1.29 is 0 Å². The Balaban J connectivity index is 2.33. The Labute approximate surface area is 56.3 Å². The van der Waals surface area contributed by atoms with Crippen molar-refractivity contribution in [2.45, 2.75) is 18.9 Å². The highest BCUT2D eigenvalue weighted by atomic mass is 15.2. The van der Waals surface area contributed by atoms with Crippen LogP contribution in [0.1, 0.15) is 12.8 Å². The van der Waals surface area contributed by atoms with Crippen LogP contribution >= 0.6 is 0 Å². The summed E-state index contributed by atoms with van der Waals surface area (Å²) in [5, 5.41) is 0. The first-order valence-corrected chi connectivity index (χ1v) is 3.38. The Hall–Kier alpha value is -0.550. The zero-order chi connectivity index (χ0) is 6.69. The van der Waals surface area contributed by atoms with Gasteiger partial charge in [0.25, 0.3) is 0 Å². The van der Waals surface area contributed by atoms with Gasteiger partial charge in [-0.1, -0.05) is 0 Å². The minimum atomic E-state index is 0.558. The van der Waals surface area contributed by atoms with Crippen LogP contribution in [0.4, 0.5) is 0 Å². The van der Waals surface area contributed by atoms with Crippen molar-refractivity contribution in [3.05, 3.63) is 11.4 Å². The molecular weight excluding hydrogens is 112 g/mol. The van der Waals surface area contributed by atoms with E-state index in [1.807, 2.05) is 0 Å². The standard InChI is InChI=1S/C7H12N2/c1-8-6-7-4-3-5-9(7)2/h7H,3-6H2,2H3. The van der Waals surface area contributed by atoms with E-state index in [0.29, 0.717) is 12.6 Å². The van der Waals surface area contributed by atoms with E-state index < -0.39 is 0 Å². The minimum Gasteiger partial charge on any atom is -0.315 e. The lowest BCUT2D eigenvalue weighted by atomic mass is 10.2. The maximum absolute atomic E-state index is 6.66. The van der Waals surface area contributed by atoms with Gasteiger partial charge in [0.05, 0.1) is 6.04 Å². The monoisotopic (exact) mass is 124 g/mol. The van der Waals surface area contributed by atoms with Gasteiger partial charge in [0.15, 0.2) is 0 Å². The van der Waals surface area contributed by atoms with Crippen molar-refractivity contribution in [2.75, 3.05) is 20.1 Å². The van der Waals surface area contributed by atoms with E-state index in [0.717, 1.165) is 0 Å². The average molecular weight is 124 g/mol. The van der Waals surface area contributed by atoms with Crippen LogP contribution in [0.3, 0.4) is 0 Å². The molecule has 1 aliphatic rings. The molecule has 50 valence electrons. The fraction of sp³-hybridized carbons (Fsp3) is 0.857. The molecule has 0 bridgehead atoms. The molecule has 0 N–H and O–H groups in total. The van der Waals surface area contributed by atoms with Crippen LogP contribution in [-0.2, 0) is 0 Å². The zero-order valence-electron chi connectivity index (χ0n) is 5.80. The molecule has 2 nitrogen and oxygen atoms in total. The zero-order valence-corrected chi connectivity index (χ0v) is 5.80. The van der Waals surface area contributed by atoms with Crippen LogP contribution < -0.4 is 0 Å². The number of likely N-dealkylation sites (tertiary alicyclic amines) is 1. The molecule has 9 heavy (non-hydrogen) atoms. The Morgan fingerprint density at radius 3 is 3.00 bits per heavy atom. The third kappa shape index (κ3) is 1.43. The number of nitrogens with zero attached hydrogens (tertiary/aromatic N) is 2. The normalized spacial score (nSPS) is 28.2. The molecule has 1 unspecified atom stereocenters. The van der Waals surface area contributed by atoms with Gasteiger partial charge in [-0.2, -0.15) is 0 Å². The van der Waals surface area contributed by atoms with Gasteiger partial charge >= 0.3 is 0 Å². The summed E-state index contributed by atoms with van der Waals surface area (Å²) >= 11 is 0. The number of likely N-dealkylation sites (N-methyl/N-ethyl adjacent to an activating group) is 1. The van der Waals surface area contributed by atoms with Crippen molar-refractivity contribution in [3.8, 4) is 0 Å². The molecular formula is C7H12N2. The molecule has 0 aliphatic carbocycles. The molecule has 1 atom stereocenters. The molecule has 1 heterocycles. The lowest BCUT2D eigenvalue weighted by molar-refractivity contribution is 0.326. The molecule has 0 spiro atoms. The first-order valence-electron chi connectivity index (χ1n) is 3.38. The van der Waals surface area contributed by atoms with E-state index in [4.69, 9.17) is 6.57 Å². The summed E-state index contributed by atoms with van der Waals surface area (Å²) < 4.78 is 0. The summed E-state index contributed by atoms with van der Waals surface area (Å²) in [6.07, 6.45) is 2.50. The van der Waals surface area contributed by atoms with Crippen LogP contribution in [-0.4, -0.2) is 31.1 Å². The molecule has 1 aliphatic heterocycles. The predicted octanol–water partition coefficient (Wildman–Crippen LogP) is 1.000. The van der Waals surface area contributed by atoms with E-state index in [1.165, 1.54) is 19.4 Å². The molecule has 0 amide bonds. The van der Waals surface area contributed by atoms with E-state index in [9.17, 15) is 0 Å². The molecule has 2 heteroatoms. The van der Waals surface area contributed by atoms with Gasteiger partial charge in [0.1, 0.15) is 0 Å². The van der Waals surface area contributed by atoms with Crippen LogP contribution in [0, 0.1) is 6.57 Å². The predicted molar refractivity (Wildman–Crippen MR) is 37.1 cm³/mol. The van der Waals surface area contributed by atoms with Crippen LogP contribution in [0.2, 0.25) is 0 Å². The fourth-order valence-electron chi connectivity index (χ4n) is 1.32. The molecule has 0 aromatic carbocycles. The van der Waals surface area contributed by atoms with Crippen molar-refractivity contribution in [1.82, 2.24) is 4.90 Å². The van der Waals surface area contributed by atoms with Crippen molar-refractivity contribution in [1.29, 1.82) is 0 Å². The second-order valence-electron chi connectivity index (χ2n) is 2.62. The van der Waals surface area contributed by atoms with Gasteiger partial charge in [0, 0.05) is 0 Å². The van der Waals surface area contributed by atoms with E-state index >= 15 is 0 Å². The first kappa shape index (κ1) is 6.57.